The second-order valence-electron chi connectivity index (χ2n) is 4.31. The first-order valence-corrected chi connectivity index (χ1v) is 8.28. The van der Waals surface area contributed by atoms with Crippen LogP contribution in [0.3, 0.4) is 0 Å². The van der Waals surface area contributed by atoms with E-state index in [1.807, 2.05) is 23.8 Å². The lowest BCUT2D eigenvalue weighted by Crippen LogP contribution is -2.23. The third kappa shape index (κ3) is 3.63. The molecule has 0 radical (unpaired) electrons. The van der Waals surface area contributed by atoms with E-state index in [9.17, 15) is 8.42 Å². The van der Waals surface area contributed by atoms with E-state index in [0.717, 1.165) is 11.1 Å². The zero-order valence-corrected chi connectivity index (χ0v) is 12.2. The van der Waals surface area contributed by atoms with Crippen molar-refractivity contribution in [2.24, 2.45) is 5.73 Å². The van der Waals surface area contributed by atoms with Crippen LogP contribution in [0.15, 0.2) is 46.0 Å². The van der Waals surface area contributed by atoms with Gasteiger partial charge in [0.15, 0.2) is 0 Å². The first-order chi connectivity index (χ1) is 8.99. The van der Waals surface area contributed by atoms with Crippen molar-refractivity contribution in [1.82, 2.24) is 4.72 Å². The minimum absolute atomic E-state index is 0.101. The molecule has 6 heteroatoms. The zero-order valence-electron chi connectivity index (χ0n) is 10.5. The summed E-state index contributed by atoms with van der Waals surface area (Å²) in [5.41, 5.74) is 7.60. The molecule has 0 saturated heterocycles. The lowest BCUT2D eigenvalue weighted by atomic mass is 10.1. The molecule has 0 aliphatic rings. The van der Waals surface area contributed by atoms with E-state index < -0.39 is 10.0 Å². The Hall–Kier alpha value is -1.21. The second-order valence-corrected chi connectivity index (χ2v) is 6.86. The van der Waals surface area contributed by atoms with Gasteiger partial charge in [0.2, 0.25) is 10.0 Å². The Morgan fingerprint density at radius 3 is 2.47 bits per heavy atom. The number of hydrogen-bond acceptors (Lipinski definition) is 4. The van der Waals surface area contributed by atoms with Crippen LogP contribution in [0.25, 0.3) is 0 Å². The number of rotatable bonds is 5. The number of thiophene rings is 1. The van der Waals surface area contributed by atoms with Gasteiger partial charge in [-0.15, -0.1) is 0 Å². The quantitative estimate of drug-likeness (QED) is 0.889. The predicted octanol–water partition coefficient (Wildman–Crippen LogP) is 2.25. The van der Waals surface area contributed by atoms with E-state index in [0.29, 0.717) is 6.54 Å². The highest BCUT2D eigenvalue weighted by Gasteiger charge is 2.13. The molecule has 0 aliphatic carbocycles. The molecule has 1 heterocycles. The Balaban J connectivity index is 2.10. The molecular formula is C13H16N2O2S2. The summed E-state index contributed by atoms with van der Waals surface area (Å²) in [7, 11) is -3.47. The Morgan fingerprint density at radius 1 is 1.26 bits per heavy atom. The third-order valence-corrected chi connectivity index (χ3v) is 4.91. The molecule has 0 bridgehead atoms. The number of hydrogen-bond donors (Lipinski definition) is 2. The van der Waals surface area contributed by atoms with Crippen LogP contribution >= 0.6 is 11.3 Å². The molecule has 1 aromatic carbocycles. The highest BCUT2D eigenvalue weighted by atomic mass is 32.2. The molecule has 19 heavy (non-hydrogen) atoms. The molecule has 3 N–H and O–H groups in total. The maximum absolute atomic E-state index is 12.1. The van der Waals surface area contributed by atoms with Crippen LogP contribution in [-0.4, -0.2) is 8.42 Å². The Morgan fingerprint density at radius 2 is 1.95 bits per heavy atom. The van der Waals surface area contributed by atoms with E-state index >= 15 is 0 Å². The molecule has 0 saturated carbocycles. The van der Waals surface area contributed by atoms with Crippen LogP contribution < -0.4 is 10.5 Å². The van der Waals surface area contributed by atoms with Crippen molar-refractivity contribution in [2.75, 3.05) is 0 Å². The van der Waals surface area contributed by atoms with Gasteiger partial charge in [-0.05, 0) is 47.0 Å². The maximum Gasteiger partial charge on any atom is 0.240 e. The molecular weight excluding hydrogens is 280 g/mol. The molecule has 0 aliphatic heterocycles. The molecule has 2 aromatic rings. The minimum atomic E-state index is -3.47. The summed E-state index contributed by atoms with van der Waals surface area (Å²) in [6, 6.07) is 8.43. The SMILES string of the molecule is CC(N)c1ccc(S(=O)(=O)NCc2ccsc2)cc1. The Bertz CT molecular complexity index is 617. The van der Waals surface area contributed by atoms with E-state index in [1.54, 1.807) is 35.6 Å². The Labute approximate surface area is 117 Å². The van der Waals surface area contributed by atoms with Gasteiger partial charge < -0.3 is 5.73 Å². The van der Waals surface area contributed by atoms with Crippen LogP contribution in [0, 0.1) is 0 Å². The topological polar surface area (TPSA) is 72.2 Å². The average Bonchev–Trinajstić information content (AvgIpc) is 2.90. The fraction of sp³-hybridized carbons (Fsp3) is 0.231. The van der Waals surface area contributed by atoms with Crippen molar-refractivity contribution in [3.05, 3.63) is 52.2 Å². The smallest absolute Gasteiger partial charge is 0.240 e. The normalized spacial score (nSPS) is 13.4. The summed E-state index contributed by atoms with van der Waals surface area (Å²) in [5.74, 6) is 0. The summed E-state index contributed by atoms with van der Waals surface area (Å²) in [5, 5.41) is 3.84. The van der Waals surface area contributed by atoms with E-state index in [4.69, 9.17) is 5.73 Å². The summed E-state index contributed by atoms with van der Waals surface area (Å²) >= 11 is 1.54. The molecule has 4 nitrogen and oxygen atoms in total. The lowest BCUT2D eigenvalue weighted by Gasteiger charge is -2.08. The van der Waals surface area contributed by atoms with Crippen LogP contribution in [0.5, 0.6) is 0 Å². The standard InChI is InChI=1S/C13H16N2O2S2/c1-10(14)12-2-4-13(5-3-12)19(16,17)15-8-11-6-7-18-9-11/h2-7,9-10,15H,8,14H2,1H3. The van der Waals surface area contributed by atoms with Gasteiger partial charge in [-0.25, -0.2) is 13.1 Å². The van der Waals surface area contributed by atoms with Crippen LogP contribution in [0.1, 0.15) is 24.1 Å². The predicted molar refractivity (Wildman–Crippen MR) is 77.4 cm³/mol. The first-order valence-electron chi connectivity index (χ1n) is 5.85. The lowest BCUT2D eigenvalue weighted by molar-refractivity contribution is 0.581. The number of nitrogens with one attached hydrogen (secondary N) is 1. The number of sulfonamides is 1. The average molecular weight is 296 g/mol. The largest absolute Gasteiger partial charge is 0.324 e. The van der Waals surface area contributed by atoms with Gasteiger partial charge in [0.05, 0.1) is 4.90 Å². The molecule has 1 unspecified atom stereocenters. The van der Waals surface area contributed by atoms with Crippen LogP contribution in [-0.2, 0) is 16.6 Å². The van der Waals surface area contributed by atoms with Crippen molar-refractivity contribution in [1.29, 1.82) is 0 Å². The monoisotopic (exact) mass is 296 g/mol. The van der Waals surface area contributed by atoms with Gasteiger partial charge in [0.25, 0.3) is 0 Å². The Kier molecular flexibility index (Phi) is 4.36. The highest BCUT2D eigenvalue weighted by Crippen LogP contribution is 2.15. The summed E-state index contributed by atoms with van der Waals surface area (Å²) in [6.45, 7) is 2.17. The van der Waals surface area contributed by atoms with E-state index in [-0.39, 0.29) is 10.9 Å². The summed E-state index contributed by atoms with van der Waals surface area (Å²) in [6.07, 6.45) is 0. The molecule has 0 spiro atoms. The zero-order chi connectivity index (χ0) is 13.9. The highest BCUT2D eigenvalue weighted by molar-refractivity contribution is 7.89. The second kappa shape index (κ2) is 5.83. The number of benzene rings is 1. The molecule has 1 atom stereocenters. The number of nitrogens with two attached hydrogens (primary N) is 1. The molecule has 0 fully saturated rings. The van der Waals surface area contributed by atoms with Gasteiger partial charge in [-0.3, -0.25) is 0 Å². The molecule has 0 amide bonds. The van der Waals surface area contributed by atoms with Gasteiger partial charge in [0.1, 0.15) is 0 Å². The van der Waals surface area contributed by atoms with Gasteiger partial charge in [-0.2, -0.15) is 11.3 Å². The van der Waals surface area contributed by atoms with E-state index in [2.05, 4.69) is 4.72 Å². The summed E-state index contributed by atoms with van der Waals surface area (Å²) in [4.78, 5) is 0.257. The van der Waals surface area contributed by atoms with Gasteiger partial charge in [0, 0.05) is 12.6 Å². The fourth-order valence-electron chi connectivity index (χ4n) is 1.61. The van der Waals surface area contributed by atoms with Crippen molar-refractivity contribution < 1.29 is 8.42 Å². The van der Waals surface area contributed by atoms with Crippen LogP contribution in [0.2, 0.25) is 0 Å². The van der Waals surface area contributed by atoms with Gasteiger partial charge >= 0.3 is 0 Å². The molecule has 1 aromatic heterocycles. The van der Waals surface area contributed by atoms with Crippen molar-refractivity contribution in [3.63, 3.8) is 0 Å². The van der Waals surface area contributed by atoms with Crippen molar-refractivity contribution in [3.8, 4) is 0 Å². The van der Waals surface area contributed by atoms with Crippen molar-refractivity contribution >= 4 is 21.4 Å². The first kappa shape index (κ1) is 14.2. The molecule has 102 valence electrons. The summed E-state index contributed by atoms with van der Waals surface area (Å²) < 4.78 is 26.7. The minimum Gasteiger partial charge on any atom is -0.324 e. The maximum atomic E-state index is 12.1. The van der Waals surface area contributed by atoms with Crippen molar-refractivity contribution in [2.45, 2.75) is 24.4 Å². The van der Waals surface area contributed by atoms with Gasteiger partial charge in [-0.1, -0.05) is 12.1 Å². The van der Waals surface area contributed by atoms with Crippen LogP contribution in [0.4, 0.5) is 0 Å². The third-order valence-electron chi connectivity index (χ3n) is 2.76. The van der Waals surface area contributed by atoms with E-state index in [1.165, 1.54) is 0 Å². The molecule has 2 rings (SSSR count). The fourth-order valence-corrected chi connectivity index (χ4v) is 3.29.